The van der Waals surface area contributed by atoms with Gasteiger partial charge in [0.15, 0.2) is 0 Å². The highest BCUT2D eigenvalue weighted by Gasteiger charge is 2.54. The zero-order valence-corrected chi connectivity index (χ0v) is 25.2. The van der Waals surface area contributed by atoms with E-state index in [-0.39, 0.29) is 12.3 Å². The first-order chi connectivity index (χ1) is 18.7. The van der Waals surface area contributed by atoms with Gasteiger partial charge in [-0.3, -0.25) is 9.59 Å². The molecule has 222 valence electrons. The Morgan fingerprint density at radius 3 is 2.15 bits per heavy atom. The van der Waals surface area contributed by atoms with E-state index in [1.54, 1.807) is 4.90 Å². The van der Waals surface area contributed by atoms with Crippen LogP contribution in [0.3, 0.4) is 0 Å². The van der Waals surface area contributed by atoms with Crippen molar-refractivity contribution in [2.75, 3.05) is 26.3 Å². The van der Waals surface area contributed by atoms with Crippen molar-refractivity contribution in [3.8, 4) is 0 Å². The van der Waals surface area contributed by atoms with Gasteiger partial charge in [-0.2, -0.15) is 0 Å². The lowest BCUT2D eigenvalue weighted by molar-refractivity contribution is -0.138. The molecule has 0 aliphatic carbocycles. The molecule has 11 heteroatoms. The number of carbonyl (C=O) groups is 3. The minimum atomic E-state index is -1.07. The van der Waals surface area contributed by atoms with Gasteiger partial charge < -0.3 is 34.9 Å². The van der Waals surface area contributed by atoms with Crippen molar-refractivity contribution in [2.24, 2.45) is 0 Å². The molecular weight excluding hydrogens is 511 g/mol. The molecule has 10 nitrogen and oxygen atoms in total. The van der Waals surface area contributed by atoms with Crippen molar-refractivity contribution in [1.82, 2.24) is 20.9 Å². The van der Waals surface area contributed by atoms with Gasteiger partial charge in [0, 0.05) is 18.6 Å². The highest BCUT2D eigenvalue weighted by atomic mass is 16.7. The summed E-state index contributed by atoms with van der Waals surface area (Å²) < 4.78 is 18.0. The predicted octanol–water partition coefficient (Wildman–Crippen LogP) is 2.84. The molecule has 0 saturated carbocycles. The number of ether oxygens (including phenoxy) is 1. The molecule has 40 heavy (non-hydrogen) atoms. The van der Waals surface area contributed by atoms with Gasteiger partial charge in [0.25, 0.3) is 0 Å². The molecular formula is C29H47BN4O6. The molecule has 4 amide bonds. The number of morpholine rings is 1. The first kappa shape index (κ1) is 31.9. The average Bonchev–Trinajstić information content (AvgIpc) is 3.09. The normalized spacial score (nSPS) is 20.0. The Balaban J connectivity index is 1.76. The minimum absolute atomic E-state index is 0.163. The smallest absolute Gasteiger partial charge is 0.402 e. The number of benzene rings is 1. The summed E-state index contributed by atoms with van der Waals surface area (Å²) >= 11 is 0. The third-order valence-corrected chi connectivity index (χ3v) is 7.60. The van der Waals surface area contributed by atoms with Crippen LogP contribution in [0.5, 0.6) is 0 Å². The number of nitrogens with one attached hydrogen (secondary N) is 3. The summed E-state index contributed by atoms with van der Waals surface area (Å²) in [6.45, 7) is 15.2. The summed E-state index contributed by atoms with van der Waals surface area (Å²) in [6, 6.07) is 8.56. The van der Waals surface area contributed by atoms with E-state index in [0.717, 1.165) is 12.8 Å². The molecule has 2 aliphatic rings. The first-order valence-corrected chi connectivity index (χ1v) is 14.3. The van der Waals surface area contributed by atoms with Crippen molar-refractivity contribution in [3.63, 3.8) is 0 Å². The van der Waals surface area contributed by atoms with Crippen LogP contribution >= 0.6 is 0 Å². The van der Waals surface area contributed by atoms with Crippen LogP contribution in [0.1, 0.15) is 73.3 Å². The molecule has 2 fully saturated rings. The zero-order valence-electron chi connectivity index (χ0n) is 25.2. The second kappa shape index (κ2) is 13.4. The molecule has 1 unspecified atom stereocenters. The zero-order chi connectivity index (χ0) is 29.6. The van der Waals surface area contributed by atoms with Gasteiger partial charge >= 0.3 is 13.1 Å². The van der Waals surface area contributed by atoms with E-state index in [2.05, 4.69) is 28.1 Å². The standard InChI is InChI=1S/C29H47BN4O6/c1-27(2,3)33-26(37)31-22(20-24(35)34-16-18-38-19-17-34)25(36)32-23(15-11-14-21-12-9-8-10-13-21)30-39-28(4,5)29(6,7)40-30/h8-10,12-13,22-23H,11,14-20H2,1-7H3,(H,32,36)(H2,31,33,37)/t22?,23-/m0/s1. The van der Waals surface area contributed by atoms with Crippen LogP contribution in [0.15, 0.2) is 30.3 Å². The summed E-state index contributed by atoms with van der Waals surface area (Å²) in [4.78, 5) is 41.3. The lowest BCUT2D eigenvalue weighted by Crippen LogP contribution is -2.58. The van der Waals surface area contributed by atoms with Crippen LogP contribution in [0.25, 0.3) is 0 Å². The number of hydrogen-bond acceptors (Lipinski definition) is 6. The lowest BCUT2D eigenvalue weighted by atomic mass is 9.75. The van der Waals surface area contributed by atoms with Gasteiger partial charge in [0.1, 0.15) is 6.04 Å². The molecule has 0 bridgehead atoms. The summed E-state index contributed by atoms with van der Waals surface area (Å²) in [7, 11) is -0.677. The summed E-state index contributed by atoms with van der Waals surface area (Å²) in [6.07, 6.45) is 2.05. The monoisotopic (exact) mass is 558 g/mol. The Morgan fingerprint density at radius 2 is 1.57 bits per heavy atom. The van der Waals surface area contributed by atoms with Gasteiger partial charge in [0.2, 0.25) is 11.8 Å². The van der Waals surface area contributed by atoms with Gasteiger partial charge in [0.05, 0.1) is 36.8 Å². The van der Waals surface area contributed by atoms with Crippen LogP contribution in [0, 0.1) is 0 Å². The molecule has 0 radical (unpaired) electrons. The van der Waals surface area contributed by atoms with Crippen LogP contribution in [0.4, 0.5) is 4.79 Å². The fraction of sp³-hybridized carbons (Fsp3) is 0.690. The SMILES string of the molecule is CC(C)(C)NC(=O)NC(CC(=O)N1CCOCC1)C(=O)N[C@@H](CCCc1ccccc1)B1OC(C)(C)C(C)(C)O1. The Labute approximate surface area is 239 Å². The molecule has 2 aliphatic heterocycles. The molecule has 2 heterocycles. The van der Waals surface area contributed by atoms with Crippen LogP contribution in [-0.2, 0) is 30.1 Å². The maximum absolute atomic E-state index is 13.7. The van der Waals surface area contributed by atoms with Crippen molar-refractivity contribution >= 4 is 25.0 Å². The second-order valence-corrected chi connectivity index (χ2v) is 12.7. The fourth-order valence-corrected chi connectivity index (χ4v) is 4.64. The molecule has 0 aromatic heterocycles. The number of nitrogens with zero attached hydrogens (tertiary/aromatic N) is 1. The van der Waals surface area contributed by atoms with Crippen LogP contribution in [-0.4, -0.2) is 84.9 Å². The third kappa shape index (κ3) is 9.21. The molecule has 3 rings (SSSR count). The molecule has 2 saturated heterocycles. The number of carbonyl (C=O) groups excluding carboxylic acids is 3. The van der Waals surface area contributed by atoms with E-state index in [1.807, 2.05) is 66.7 Å². The topological polar surface area (TPSA) is 118 Å². The van der Waals surface area contributed by atoms with Crippen molar-refractivity contribution in [3.05, 3.63) is 35.9 Å². The third-order valence-electron chi connectivity index (χ3n) is 7.60. The van der Waals surface area contributed by atoms with E-state index in [9.17, 15) is 14.4 Å². The van der Waals surface area contributed by atoms with Gasteiger partial charge in [-0.25, -0.2) is 4.79 Å². The molecule has 1 aromatic rings. The fourth-order valence-electron chi connectivity index (χ4n) is 4.64. The Hall–Kier alpha value is -2.63. The molecule has 3 N–H and O–H groups in total. The molecule has 1 aromatic carbocycles. The lowest BCUT2D eigenvalue weighted by Gasteiger charge is -2.32. The van der Waals surface area contributed by atoms with Crippen LogP contribution in [0.2, 0.25) is 0 Å². The predicted molar refractivity (Wildman–Crippen MR) is 155 cm³/mol. The van der Waals surface area contributed by atoms with E-state index in [4.69, 9.17) is 14.0 Å². The van der Waals surface area contributed by atoms with Crippen molar-refractivity contribution in [1.29, 1.82) is 0 Å². The highest BCUT2D eigenvalue weighted by molar-refractivity contribution is 6.48. The number of rotatable bonds is 10. The molecule has 2 atom stereocenters. The Bertz CT molecular complexity index is 992. The van der Waals surface area contributed by atoms with Crippen molar-refractivity contribution in [2.45, 2.75) is 103 Å². The number of aryl methyl sites for hydroxylation is 1. The Kier molecular flexibility index (Phi) is 10.7. The number of amides is 4. The van der Waals surface area contributed by atoms with Gasteiger partial charge in [-0.1, -0.05) is 30.3 Å². The minimum Gasteiger partial charge on any atom is -0.402 e. The summed E-state index contributed by atoms with van der Waals surface area (Å²) in [5, 5.41) is 8.62. The van der Waals surface area contributed by atoms with E-state index < -0.39 is 47.8 Å². The average molecular weight is 559 g/mol. The number of hydrogen-bond donors (Lipinski definition) is 3. The largest absolute Gasteiger partial charge is 0.481 e. The maximum atomic E-state index is 13.7. The van der Waals surface area contributed by atoms with E-state index >= 15 is 0 Å². The van der Waals surface area contributed by atoms with Gasteiger partial charge in [-0.05, 0) is 73.3 Å². The van der Waals surface area contributed by atoms with Crippen molar-refractivity contribution < 1.29 is 28.4 Å². The second-order valence-electron chi connectivity index (χ2n) is 12.7. The first-order valence-electron chi connectivity index (χ1n) is 14.3. The van der Waals surface area contributed by atoms with E-state index in [1.165, 1.54) is 5.56 Å². The Morgan fingerprint density at radius 1 is 0.975 bits per heavy atom. The summed E-state index contributed by atoms with van der Waals surface area (Å²) in [5.41, 5.74) is -0.453. The van der Waals surface area contributed by atoms with Gasteiger partial charge in [-0.15, -0.1) is 0 Å². The summed E-state index contributed by atoms with van der Waals surface area (Å²) in [5.74, 6) is -1.15. The quantitative estimate of drug-likeness (QED) is 0.380. The highest BCUT2D eigenvalue weighted by Crippen LogP contribution is 2.38. The number of urea groups is 1. The van der Waals surface area contributed by atoms with Crippen LogP contribution < -0.4 is 16.0 Å². The maximum Gasteiger partial charge on any atom is 0.481 e. The molecule has 0 spiro atoms. The van der Waals surface area contributed by atoms with E-state index in [0.29, 0.717) is 32.7 Å².